The summed E-state index contributed by atoms with van der Waals surface area (Å²) < 4.78 is 15.2. The fraction of sp³-hybridized carbons (Fsp3) is 0.154. The van der Waals surface area contributed by atoms with Gasteiger partial charge in [-0.25, -0.2) is 4.79 Å². The van der Waals surface area contributed by atoms with Crippen LogP contribution >= 0.6 is 11.6 Å². The highest BCUT2D eigenvalue weighted by molar-refractivity contribution is 6.32. The topological polar surface area (TPSA) is 98.6 Å². The molecule has 0 radical (unpaired) electrons. The van der Waals surface area contributed by atoms with Gasteiger partial charge in [0.1, 0.15) is 17.9 Å². The number of phenols is 1. The second kappa shape index (κ2) is 5.10. The van der Waals surface area contributed by atoms with E-state index in [0.717, 1.165) is 0 Å². The number of hydrogen-bond acceptors (Lipinski definition) is 7. The highest BCUT2D eigenvalue weighted by Crippen LogP contribution is 2.30. The van der Waals surface area contributed by atoms with Gasteiger partial charge in [0.05, 0.1) is 5.02 Å². The maximum absolute atomic E-state index is 11.5. The Bertz CT molecular complexity index is 871. The van der Waals surface area contributed by atoms with Gasteiger partial charge in [-0.2, -0.15) is 4.98 Å². The monoisotopic (exact) mass is 308 g/mol. The zero-order valence-corrected chi connectivity index (χ0v) is 11.5. The zero-order valence-electron chi connectivity index (χ0n) is 10.8. The Kier molecular flexibility index (Phi) is 3.26. The summed E-state index contributed by atoms with van der Waals surface area (Å²) in [5.41, 5.74) is 0.174. The molecule has 0 aliphatic rings. The quantitative estimate of drug-likeness (QED) is 0.742. The van der Waals surface area contributed by atoms with E-state index >= 15 is 0 Å². The summed E-state index contributed by atoms with van der Waals surface area (Å²) in [6.45, 7) is 1.68. The minimum absolute atomic E-state index is 0.00114. The molecule has 7 nitrogen and oxygen atoms in total. The summed E-state index contributed by atoms with van der Waals surface area (Å²) in [7, 11) is 0. The smallest absolute Gasteiger partial charge is 0.417 e. The molecule has 21 heavy (non-hydrogen) atoms. The Morgan fingerprint density at radius 3 is 2.90 bits per heavy atom. The molecule has 0 unspecified atom stereocenters. The van der Waals surface area contributed by atoms with Gasteiger partial charge in [0, 0.05) is 23.1 Å². The van der Waals surface area contributed by atoms with Crippen LogP contribution in [0.25, 0.3) is 11.0 Å². The molecule has 1 N–H and O–H groups in total. The van der Waals surface area contributed by atoms with Crippen LogP contribution in [-0.2, 0) is 6.61 Å². The molecule has 0 atom stereocenters. The largest absolute Gasteiger partial charge is 0.506 e. The highest BCUT2D eigenvalue weighted by atomic mass is 35.5. The molecule has 0 spiro atoms. The lowest BCUT2D eigenvalue weighted by Gasteiger charge is -2.06. The maximum atomic E-state index is 11.5. The van der Waals surface area contributed by atoms with E-state index in [-0.39, 0.29) is 29.0 Å². The minimum atomic E-state index is -0.565. The molecule has 0 saturated carbocycles. The molecule has 3 rings (SSSR count). The van der Waals surface area contributed by atoms with Gasteiger partial charge in [-0.1, -0.05) is 16.8 Å². The maximum Gasteiger partial charge on any atom is 0.417 e. The van der Waals surface area contributed by atoms with Crippen LogP contribution in [0.2, 0.25) is 5.02 Å². The molecule has 0 aliphatic carbocycles. The van der Waals surface area contributed by atoms with Crippen molar-refractivity contribution in [1.82, 2.24) is 10.1 Å². The summed E-state index contributed by atoms with van der Waals surface area (Å²) in [6.07, 6.45) is -0.00114. The van der Waals surface area contributed by atoms with Gasteiger partial charge in [0.15, 0.2) is 5.82 Å². The van der Waals surface area contributed by atoms with E-state index < -0.39 is 5.63 Å². The first-order valence-corrected chi connectivity index (χ1v) is 6.29. The predicted molar refractivity (Wildman–Crippen MR) is 72.5 cm³/mol. The van der Waals surface area contributed by atoms with Crippen molar-refractivity contribution in [2.24, 2.45) is 0 Å². The lowest BCUT2D eigenvalue weighted by molar-refractivity contribution is 0.195. The van der Waals surface area contributed by atoms with Gasteiger partial charge < -0.3 is 14.3 Å². The van der Waals surface area contributed by atoms with Crippen molar-refractivity contribution in [3.05, 3.63) is 45.0 Å². The van der Waals surface area contributed by atoms with E-state index in [1.165, 1.54) is 18.2 Å². The molecular weight excluding hydrogens is 300 g/mol. The van der Waals surface area contributed by atoms with Crippen LogP contribution in [0.15, 0.2) is 31.9 Å². The fourth-order valence-corrected chi connectivity index (χ4v) is 2.00. The summed E-state index contributed by atoms with van der Waals surface area (Å²) in [6, 6.07) is 4.05. The van der Waals surface area contributed by atoms with Crippen molar-refractivity contribution in [3.63, 3.8) is 0 Å². The van der Waals surface area contributed by atoms with Crippen molar-refractivity contribution < 1.29 is 18.8 Å². The fourth-order valence-electron chi connectivity index (χ4n) is 1.83. The number of aromatic nitrogens is 2. The summed E-state index contributed by atoms with van der Waals surface area (Å²) in [5.74, 6) is 0.272. The minimum Gasteiger partial charge on any atom is -0.506 e. The molecule has 2 heterocycles. The number of nitrogens with zero attached hydrogens (tertiary/aromatic N) is 2. The van der Waals surface area contributed by atoms with E-state index in [9.17, 15) is 9.90 Å². The van der Waals surface area contributed by atoms with Crippen LogP contribution in [0.4, 0.5) is 0 Å². The van der Waals surface area contributed by atoms with Gasteiger partial charge >= 0.3 is 11.7 Å². The van der Waals surface area contributed by atoms with Gasteiger partial charge in [0.2, 0.25) is 0 Å². The molecule has 0 bridgehead atoms. The summed E-state index contributed by atoms with van der Waals surface area (Å²) >= 11 is 5.87. The van der Waals surface area contributed by atoms with Crippen LogP contribution in [0, 0.1) is 6.92 Å². The number of benzene rings is 1. The second-order valence-electron chi connectivity index (χ2n) is 4.29. The molecule has 0 aliphatic heterocycles. The van der Waals surface area contributed by atoms with E-state index in [4.69, 9.17) is 25.3 Å². The van der Waals surface area contributed by atoms with E-state index in [1.54, 1.807) is 6.92 Å². The predicted octanol–water partition coefficient (Wildman–Crippen LogP) is 2.42. The molecule has 1 aromatic carbocycles. The van der Waals surface area contributed by atoms with E-state index in [0.29, 0.717) is 16.8 Å². The van der Waals surface area contributed by atoms with Crippen LogP contribution in [-0.4, -0.2) is 15.2 Å². The first-order valence-electron chi connectivity index (χ1n) is 5.91. The van der Waals surface area contributed by atoms with Gasteiger partial charge in [-0.3, -0.25) is 4.52 Å². The van der Waals surface area contributed by atoms with E-state index in [2.05, 4.69) is 10.1 Å². The highest BCUT2D eigenvalue weighted by Gasteiger charge is 2.11. The molecule has 0 amide bonds. The Hall–Kier alpha value is -2.54. The number of phenolic OH excluding ortho intramolecular Hbond substituents is 1. The number of aryl methyl sites for hydroxylation is 1. The number of aromatic hydroxyl groups is 1. The van der Waals surface area contributed by atoms with Crippen LogP contribution in [0.3, 0.4) is 0 Å². The SMILES string of the molecule is Cc1noc(OCc2cc(=O)oc3cc(O)c(Cl)cc23)n1. The second-order valence-corrected chi connectivity index (χ2v) is 4.69. The van der Waals surface area contributed by atoms with Crippen molar-refractivity contribution >= 4 is 22.6 Å². The van der Waals surface area contributed by atoms with Crippen LogP contribution in [0.5, 0.6) is 11.8 Å². The van der Waals surface area contributed by atoms with Gasteiger partial charge in [-0.05, 0) is 13.0 Å². The number of rotatable bonds is 3. The number of ether oxygens (including phenoxy) is 1. The van der Waals surface area contributed by atoms with Gasteiger partial charge in [0.25, 0.3) is 0 Å². The molecular formula is C13H9ClN2O5. The summed E-state index contributed by atoms with van der Waals surface area (Å²) in [5, 5.41) is 13.8. The normalized spacial score (nSPS) is 11.0. The van der Waals surface area contributed by atoms with E-state index in [1.807, 2.05) is 0 Å². The number of hydrogen-bond donors (Lipinski definition) is 1. The Morgan fingerprint density at radius 2 is 2.19 bits per heavy atom. The Labute approximate surface area is 122 Å². The number of fused-ring (bicyclic) bond motifs is 1. The third kappa shape index (κ3) is 2.68. The third-order valence-corrected chi connectivity index (χ3v) is 3.06. The van der Waals surface area contributed by atoms with Gasteiger partial charge in [-0.15, -0.1) is 0 Å². The van der Waals surface area contributed by atoms with Crippen molar-refractivity contribution in [3.8, 4) is 11.8 Å². The zero-order chi connectivity index (χ0) is 15.0. The average molecular weight is 309 g/mol. The lowest BCUT2D eigenvalue weighted by Crippen LogP contribution is -2.04. The summed E-state index contributed by atoms with van der Waals surface area (Å²) in [4.78, 5) is 15.4. The Morgan fingerprint density at radius 1 is 1.38 bits per heavy atom. The standard InChI is InChI=1S/C13H9ClN2O5/c1-6-15-13(21-16-6)19-5-7-2-12(18)20-11-4-10(17)9(14)3-8(7)11/h2-4,17H,5H2,1H3. The van der Waals surface area contributed by atoms with Crippen LogP contribution < -0.4 is 10.4 Å². The molecule has 108 valence electrons. The third-order valence-electron chi connectivity index (χ3n) is 2.76. The number of halogens is 1. The lowest BCUT2D eigenvalue weighted by atomic mass is 10.1. The van der Waals surface area contributed by atoms with Crippen LogP contribution in [0.1, 0.15) is 11.4 Å². The first-order chi connectivity index (χ1) is 10.0. The molecule has 0 fully saturated rings. The van der Waals surface area contributed by atoms with Crippen molar-refractivity contribution in [2.75, 3.05) is 0 Å². The molecule has 3 aromatic rings. The molecule has 8 heteroatoms. The average Bonchev–Trinajstić information content (AvgIpc) is 2.84. The first kappa shape index (κ1) is 13.4. The van der Waals surface area contributed by atoms with Crippen molar-refractivity contribution in [1.29, 1.82) is 0 Å². The molecule has 2 aromatic heterocycles. The van der Waals surface area contributed by atoms with Crippen molar-refractivity contribution in [2.45, 2.75) is 13.5 Å². The Balaban J connectivity index is 2.00. The molecule has 0 saturated heterocycles.